The third-order valence-electron chi connectivity index (χ3n) is 3.30. The van der Waals surface area contributed by atoms with Crippen molar-refractivity contribution in [2.75, 3.05) is 11.9 Å². The molecule has 0 aliphatic carbocycles. The average molecular weight is 347 g/mol. The Labute approximate surface area is 133 Å². The van der Waals surface area contributed by atoms with Crippen LogP contribution in [0.25, 0.3) is 0 Å². The van der Waals surface area contributed by atoms with Crippen LogP contribution in [-0.4, -0.2) is 12.5 Å². The first-order valence-corrected chi connectivity index (χ1v) is 7.67. The van der Waals surface area contributed by atoms with Crippen LogP contribution in [0.1, 0.15) is 16.7 Å². The minimum absolute atomic E-state index is 0.0368. The fourth-order valence-electron chi connectivity index (χ4n) is 2.05. The molecule has 21 heavy (non-hydrogen) atoms. The van der Waals surface area contributed by atoms with Crippen molar-refractivity contribution in [2.45, 2.75) is 20.4 Å². The third-order valence-corrected chi connectivity index (χ3v) is 4.19. The largest absolute Gasteiger partial charge is 0.325 e. The molecular weight excluding hydrogens is 328 g/mol. The van der Waals surface area contributed by atoms with Crippen molar-refractivity contribution in [3.05, 3.63) is 63.6 Å². The van der Waals surface area contributed by atoms with E-state index in [0.29, 0.717) is 13.1 Å². The summed E-state index contributed by atoms with van der Waals surface area (Å²) in [5, 5.41) is 6.06. The van der Waals surface area contributed by atoms with E-state index < -0.39 is 0 Å². The van der Waals surface area contributed by atoms with E-state index in [2.05, 4.69) is 45.6 Å². The molecule has 110 valence electrons. The highest BCUT2D eigenvalue weighted by atomic mass is 79.9. The van der Waals surface area contributed by atoms with Crippen LogP contribution < -0.4 is 10.6 Å². The summed E-state index contributed by atoms with van der Waals surface area (Å²) >= 11 is 3.45. The Hall–Kier alpha value is -1.65. The zero-order valence-corrected chi connectivity index (χ0v) is 13.8. The van der Waals surface area contributed by atoms with Gasteiger partial charge in [0.05, 0.1) is 6.54 Å². The number of amides is 1. The predicted molar refractivity (Wildman–Crippen MR) is 90.4 cm³/mol. The number of hydrogen-bond acceptors (Lipinski definition) is 2. The molecule has 0 aliphatic rings. The topological polar surface area (TPSA) is 41.1 Å². The van der Waals surface area contributed by atoms with Crippen molar-refractivity contribution in [3.8, 4) is 0 Å². The Kier molecular flexibility index (Phi) is 5.53. The van der Waals surface area contributed by atoms with Gasteiger partial charge in [0.25, 0.3) is 0 Å². The van der Waals surface area contributed by atoms with Gasteiger partial charge in [-0.05, 0) is 48.7 Å². The zero-order valence-electron chi connectivity index (χ0n) is 12.2. The van der Waals surface area contributed by atoms with Crippen LogP contribution in [0.2, 0.25) is 0 Å². The number of carbonyl (C=O) groups excluding carboxylic acids is 1. The van der Waals surface area contributed by atoms with Gasteiger partial charge in [0, 0.05) is 16.7 Å². The third kappa shape index (κ3) is 4.69. The predicted octanol–water partition coefficient (Wildman–Crippen LogP) is 3.79. The molecule has 0 heterocycles. The van der Waals surface area contributed by atoms with Crippen LogP contribution in [0.15, 0.2) is 46.9 Å². The highest BCUT2D eigenvalue weighted by Gasteiger charge is 2.04. The number of halogens is 1. The SMILES string of the molecule is Cc1cc(NC(=O)CNCc2ccccc2C)ccc1Br. The Bertz CT molecular complexity index is 640. The molecule has 2 N–H and O–H groups in total. The van der Waals surface area contributed by atoms with Gasteiger partial charge in [0.1, 0.15) is 0 Å². The van der Waals surface area contributed by atoms with Gasteiger partial charge in [0.15, 0.2) is 0 Å². The molecule has 0 atom stereocenters. The van der Waals surface area contributed by atoms with Crippen LogP contribution in [0, 0.1) is 13.8 Å². The fraction of sp³-hybridized carbons (Fsp3) is 0.235. The molecule has 1 amide bonds. The summed E-state index contributed by atoms with van der Waals surface area (Å²) in [4.78, 5) is 11.9. The fourth-order valence-corrected chi connectivity index (χ4v) is 2.29. The highest BCUT2D eigenvalue weighted by molar-refractivity contribution is 9.10. The van der Waals surface area contributed by atoms with E-state index in [9.17, 15) is 4.79 Å². The second-order valence-corrected chi connectivity index (χ2v) is 5.90. The summed E-state index contributed by atoms with van der Waals surface area (Å²) in [6, 6.07) is 13.9. The zero-order chi connectivity index (χ0) is 15.2. The molecule has 4 heteroatoms. The van der Waals surface area contributed by atoms with Gasteiger partial charge >= 0.3 is 0 Å². The van der Waals surface area contributed by atoms with Crippen LogP contribution >= 0.6 is 15.9 Å². The molecule has 0 unspecified atom stereocenters. The van der Waals surface area contributed by atoms with Gasteiger partial charge in [-0.1, -0.05) is 40.2 Å². The van der Waals surface area contributed by atoms with E-state index in [0.717, 1.165) is 15.7 Å². The van der Waals surface area contributed by atoms with E-state index in [1.807, 2.05) is 37.3 Å². The maximum absolute atomic E-state index is 11.9. The summed E-state index contributed by atoms with van der Waals surface area (Å²) < 4.78 is 1.04. The average Bonchev–Trinajstić information content (AvgIpc) is 2.45. The Balaban J connectivity index is 1.82. The Morgan fingerprint density at radius 1 is 1.10 bits per heavy atom. The van der Waals surface area contributed by atoms with Gasteiger partial charge in [-0.25, -0.2) is 0 Å². The molecule has 2 rings (SSSR count). The Morgan fingerprint density at radius 2 is 1.86 bits per heavy atom. The van der Waals surface area contributed by atoms with Gasteiger partial charge in [-0.15, -0.1) is 0 Å². The molecule has 0 saturated carbocycles. The van der Waals surface area contributed by atoms with Crippen molar-refractivity contribution in [1.29, 1.82) is 0 Å². The standard InChI is InChI=1S/C17H19BrN2O/c1-12-5-3-4-6-14(12)10-19-11-17(21)20-15-7-8-16(18)13(2)9-15/h3-9,19H,10-11H2,1-2H3,(H,20,21). The number of anilines is 1. The van der Waals surface area contributed by atoms with Crippen molar-refractivity contribution in [3.63, 3.8) is 0 Å². The summed E-state index contributed by atoms with van der Waals surface area (Å²) in [7, 11) is 0. The number of benzene rings is 2. The molecule has 0 radical (unpaired) electrons. The minimum Gasteiger partial charge on any atom is -0.325 e. The first kappa shape index (κ1) is 15.7. The maximum atomic E-state index is 11.9. The van der Waals surface area contributed by atoms with Crippen molar-refractivity contribution >= 4 is 27.5 Å². The van der Waals surface area contributed by atoms with Crippen molar-refractivity contribution in [1.82, 2.24) is 5.32 Å². The van der Waals surface area contributed by atoms with Gasteiger partial charge in [-0.2, -0.15) is 0 Å². The quantitative estimate of drug-likeness (QED) is 0.864. The Morgan fingerprint density at radius 3 is 2.57 bits per heavy atom. The lowest BCUT2D eigenvalue weighted by atomic mass is 10.1. The smallest absolute Gasteiger partial charge is 0.238 e. The normalized spacial score (nSPS) is 10.4. The first-order valence-electron chi connectivity index (χ1n) is 6.87. The highest BCUT2D eigenvalue weighted by Crippen LogP contribution is 2.19. The molecule has 0 saturated heterocycles. The number of carbonyl (C=O) groups is 1. The summed E-state index contributed by atoms with van der Waals surface area (Å²) in [5.74, 6) is -0.0368. The minimum atomic E-state index is -0.0368. The molecule has 2 aromatic carbocycles. The van der Waals surface area contributed by atoms with E-state index in [1.54, 1.807) is 0 Å². The lowest BCUT2D eigenvalue weighted by Gasteiger charge is -2.09. The van der Waals surface area contributed by atoms with E-state index in [-0.39, 0.29) is 5.91 Å². The van der Waals surface area contributed by atoms with Gasteiger partial charge in [-0.3, -0.25) is 4.79 Å². The molecule has 0 fully saturated rings. The molecule has 2 aromatic rings. The van der Waals surface area contributed by atoms with E-state index >= 15 is 0 Å². The maximum Gasteiger partial charge on any atom is 0.238 e. The van der Waals surface area contributed by atoms with Gasteiger partial charge < -0.3 is 10.6 Å². The molecule has 0 aliphatic heterocycles. The second kappa shape index (κ2) is 7.38. The monoisotopic (exact) mass is 346 g/mol. The number of hydrogen-bond donors (Lipinski definition) is 2. The number of nitrogens with one attached hydrogen (secondary N) is 2. The van der Waals surface area contributed by atoms with Crippen molar-refractivity contribution < 1.29 is 4.79 Å². The van der Waals surface area contributed by atoms with Crippen LogP contribution in [0.4, 0.5) is 5.69 Å². The molecule has 0 aromatic heterocycles. The molecular formula is C17H19BrN2O. The molecule has 0 spiro atoms. The van der Waals surface area contributed by atoms with Gasteiger partial charge in [0.2, 0.25) is 5.91 Å². The van der Waals surface area contributed by atoms with E-state index in [4.69, 9.17) is 0 Å². The molecule has 0 bridgehead atoms. The summed E-state index contributed by atoms with van der Waals surface area (Å²) in [6.07, 6.45) is 0. The van der Waals surface area contributed by atoms with Crippen LogP contribution in [0.5, 0.6) is 0 Å². The summed E-state index contributed by atoms with van der Waals surface area (Å²) in [5.41, 5.74) is 4.36. The van der Waals surface area contributed by atoms with Crippen LogP contribution in [0.3, 0.4) is 0 Å². The van der Waals surface area contributed by atoms with Crippen LogP contribution in [-0.2, 0) is 11.3 Å². The second-order valence-electron chi connectivity index (χ2n) is 5.04. The van der Waals surface area contributed by atoms with E-state index in [1.165, 1.54) is 11.1 Å². The number of aryl methyl sites for hydroxylation is 2. The lowest BCUT2D eigenvalue weighted by molar-refractivity contribution is -0.115. The van der Waals surface area contributed by atoms with Crippen molar-refractivity contribution in [2.24, 2.45) is 0 Å². The number of rotatable bonds is 5. The molecule has 3 nitrogen and oxygen atoms in total. The lowest BCUT2D eigenvalue weighted by Crippen LogP contribution is -2.27. The summed E-state index contributed by atoms with van der Waals surface area (Å²) in [6.45, 7) is 5.06. The first-order chi connectivity index (χ1) is 10.1.